The van der Waals surface area contributed by atoms with Gasteiger partial charge in [0.2, 0.25) is 5.91 Å². The molecule has 1 amide bonds. The summed E-state index contributed by atoms with van der Waals surface area (Å²) in [6.07, 6.45) is 71.9. The highest BCUT2D eigenvalue weighted by molar-refractivity contribution is 7.45. The van der Waals surface area contributed by atoms with Crippen LogP contribution in [0.15, 0.2) is 48.6 Å². The summed E-state index contributed by atoms with van der Waals surface area (Å²) in [5.74, 6) is -0.194. The Bertz CT molecular complexity index is 1310. The molecule has 0 rings (SSSR count). The van der Waals surface area contributed by atoms with E-state index in [0.717, 1.165) is 51.4 Å². The molecule has 0 aromatic rings. The highest BCUT2D eigenvalue weighted by atomic mass is 31.2. The Hall–Kier alpha value is -1.54. The minimum atomic E-state index is -4.60. The predicted molar refractivity (Wildman–Crippen MR) is 311 cm³/mol. The monoisotopic (exact) mass is 1030 g/mol. The van der Waals surface area contributed by atoms with E-state index >= 15 is 0 Å². The zero-order chi connectivity index (χ0) is 52.7. The third-order valence-corrected chi connectivity index (χ3v) is 15.0. The number of likely N-dealkylation sites (N-methyl/N-ethyl adjacent to an activating group) is 1. The number of amides is 1. The minimum absolute atomic E-state index is 0.000496. The SMILES string of the molecule is CCCCCCC/C=C\C/C=C\C/C=C\CCCCCCCCCCCCCCCCCCC(=O)NC(COP(=O)([O-])OCC[N+](C)(C)C)C(O)/C=C/CCCCCCCCCCCCCCCCCCC. The number of phosphoric ester groups is 1. The lowest BCUT2D eigenvalue weighted by atomic mass is 10.0. The molecule has 424 valence electrons. The van der Waals surface area contributed by atoms with Gasteiger partial charge in [-0.1, -0.05) is 281 Å². The molecule has 0 aromatic carbocycles. The fraction of sp³-hybridized carbons (Fsp3) is 0.857. The van der Waals surface area contributed by atoms with Crippen molar-refractivity contribution in [2.24, 2.45) is 0 Å². The molecule has 8 nitrogen and oxygen atoms in total. The number of quaternary nitrogens is 1. The van der Waals surface area contributed by atoms with Crippen molar-refractivity contribution < 1.29 is 32.9 Å². The first kappa shape index (κ1) is 70.5. The van der Waals surface area contributed by atoms with Gasteiger partial charge in [-0.25, -0.2) is 0 Å². The maximum Gasteiger partial charge on any atom is 0.268 e. The molecule has 3 atom stereocenters. The number of unbranched alkanes of at least 4 members (excludes halogenated alkanes) is 38. The lowest BCUT2D eigenvalue weighted by Crippen LogP contribution is -2.45. The molecule has 9 heteroatoms. The number of hydrogen-bond acceptors (Lipinski definition) is 6. The third-order valence-electron chi connectivity index (χ3n) is 14.0. The molecule has 0 heterocycles. The average molecular weight is 1030 g/mol. The lowest BCUT2D eigenvalue weighted by molar-refractivity contribution is -0.870. The number of nitrogens with one attached hydrogen (secondary N) is 1. The van der Waals surface area contributed by atoms with Crippen LogP contribution in [0.2, 0.25) is 0 Å². The number of phosphoric acid groups is 1. The van der Waals surface area contributed by atoms with E-state index in [0.29, 0.717) is 17.4 Å². The first-order valence-corrected chi connectivity index (χ1v) is 32.5. The largest absolute Gasteiger partial charge is 0.756 e. The molecule has 0 aromatic heterocycles. The third kappa shape index (κ3) is 56.2. The molecule has 0 bridgehead atoms. The summed E-state index contributed by atoms with van der Waals surface area (Å²) in [6.45, 7) is 4.67. The Balaban J connectivity index is 4.10. The van der Waals surface area contributed by atoms with Gasteiger partial charge in [-0.05, 0) is 57.8 Å². The Morgan fingerprint density at radius 1 is 0.486 bits per heavy atom. The smallest absolute Gasteiger partial charge is 0.268 e. The van der Waals surface area contributed by atoms with Crippen LogP contribution in [0.5, 0.6) is 0 Å². The highest BCUT2D eigenvalue weighted by Crippen LogP contribution is 2.38. The first-order chi connectivity index (χ1) is 35.0. The van der Waals surface area contributed by atoms with E-state index in [2.05, 4.69) is 55.6 Å². The van der Waals surface area contributed by atoms with Crippen molar-refractivity contribution in [3.05, 3.63) is 48.6 Å². The number of carbonyl (C=O) groups excluding carboxylic acids is 1. The summed E-state index contributed by atoms with van der Waals surface area (Å²) in [4.78, 5) is 25.5. The second kappa shape index (κ2) is 54.3. The van der Waals surface area contributed by atoms with Crippen LogP contribution in [0.4, 0.5) is 0 Å². The van der Waals surface area contributed by atoms with Gasteiger partial charge >= 0.3 is 0 Å². The number of aliphatic hydroxyl groups is 1. The van der Waals surface area contributed by atoms with Gasteiger partial charge in [0.05, 0.1) is 39.9 Å². The number of nitrogens with zero attached hydrogens (tertiary/aromatic N) is 1. The van der Waals surface area contributed by atoms with Gasteiger partial charge in [0, 0.05) is 6.42 Å². The van der Waals surface area contributed by atoms with E-state index in [9.17, 15) is 19.4 Å². The summed E-state index contributed by atoms with van der Waals surface area (Å²) in [5, 5.41) is 13.9. The molecule has 0 radical (unpaired) electrons. The molecular formula is C63H121N2O6P. The summed E-state index contributed by atoms with van der Waals surface area (Å²) in [7, 11) is 1.27. The number of hydrogen-bond donors (Lipinski definition) is 2. The van der Waals surface area contributed by atoms with Crippen molar-refractivity contribution in [2.45, 2.75) is 309 Å². The van der Waals surface area contributed by atoms with Gasteiger partial charge < -0.3 is 28.8 Å². The summed E-state index contributed by atoms with van der Waals surface area (Å²) < 4.78 is 23.4. The minimum Gasteiger partial charge on any atom is -0.756 e. The van der Waals surface area contributed by atoms with Crippen molar-refractivity contribution in [2.75, 3.05) is 40.9 Å². The van der Waals surface area contributed by atoms with E-state index in [1.54, 1.807) is 6.08 Å². The maximum atomic E-state index is 13.0. The van der Waals surface area contributed by atoms with Gasteiger partial charge in [-0.15, -0.1) is 0 Å². The molecule has 2 N–H and O–H groups in total. The highest BCUT2D eigenvalue weighted by Gasteiger charge is 2.23. The quantitative estimate of drug-likeness (QED) is 0.0272. The van der Waals surface area contributed by atoms with Crippen LogP contribution < -0.4 is 10.2 Å². The van der Waals surface area contributed by atoms with Crippen LogP contribution in [-0.2, 0) is 18.4 Å². The Morgan fingerprint density at radius 3 is 1.17 bits per heavy atom. The standard InChI is InChI=1S/C63H121N2O6P/c1-6-8-10-12-14-16-18-20-22-24-26-27-28-29-30-31-32-33-34-35-36-37-39-41-43-45-47-49-51-53-55-57-63(67)64-61(60-71-72(68,69)70-59-58-65(3,4)5)62(66)56-54-52-50-48-46-44-42-40-38-25-23-21-19-17-15-13-11-9-7-2/h18,20,24,26,28-29,54,56,61-62,66H,6-17,19,21-23,25,27,30-53,55,57-60H2,1-5H3,(H-,64,67,68,69)/b20-18-,26-24-,29-28-,56-54+. The molecule has 3 unspecified atom stereocenters. The van der Waals surface area contributed by atoms with E-state index in [1.807, 2.05) is 27.2 Å². The zero-order valence-electron chi connectivity index (χ0n) is 48.4. The number of aliphatic hydroxyl groups excluding tert-OH is 1. The average Bonchev–Trinajstić information content (AvgIpc) is 3.34. The molecule has 0 fully saturated rings. The Labute approximate surface area is 448 Å². The molecule has 0 aliphatic heterocycles. The normalized spacial score (nSPS) is 14.2. The molecule has 72 heavy (non-hydrogen) atoms. The molecule has 0 aliphatic rings. The van der Waals surface area contributed by atoms with Crippen molar-refractivity contribution in [1.82, 2.24) is 5.32 Å². The topological polar surface area (TPSA) is 108 Å². The van der Waals surface area contributed by atoms with Crippen molar-refractivity contribution in [1.29, 1.82) is 0 Å². The van der Waals surface area contributed by atoms with E-state index in [-0.39, 0.29) is 19.1 Å². The summed E-state index contributed by atoms with van der Waals surface area (Å²) in [6, 6.07) is -0.887. The zero-order valence-corrected chi connectivity index (χ0v) is 49.3. The number of carbonyl (C=O) groups is 1. The van der Waals surface area contributed by atoms with Crippen LogP contribution in [0.1, 0.15) is 296 Å². The van der Waals surface area contributed by atoms with Gasteiger partial charge in [0.1, 0.15) is 13.2 Å². The fourth-order valence-corrected chi connectivity index (χ4v) is 9.89. The van der Waals surface area contributed by atoms with Crippen LogP contribution in [0, 0.1) is 0 Å². The summed E-state index contributed by atoms with van der Waals surface area (Å²) >= 11 is 0. The van der Waals surface area contributed by atoms with E-state index in [1.165, 1.54) is 225 Å². The van der Waals surface area contributed by atoms with Crippen molar-refractivity contribution in [3.8, 4) is 0 Å². The van der Waals surface area contributed by atoms with Gasteiger partial charge in [0.25, 0.3) is 7.82 Å². The van der Waals surface area contributed by atoms with E-state index < -0.39 is 20.0 Å². The second-order valence-corrected chi connectivity index (χ2v) is 23.8. The Morgan fingerprint density at radius 2 is 0.806 bits per heavy atom. The van der Waals surface area contributed by atoms with Gasteiger partial charge in [-0.3, -0.25) is 9.36 Å². The van der Waals surface area contributed by atoms with E-state index in [4.69, 9.17) is 9.05 Å². The van der Waals surface area contributed by atoms with Gasteiger partial charge in [-0.2, -0.15) is 0 Å². The van der Waals surface area contributed by atoms with Crippen molar-refractivity contribution >= 4 is 13.7 Å². The number of rotatable bonds is 57. The maximum absolute atomic E-state index is 13.0. The summed E-state index contributed by atoms with van der Waals surface area (Å²) in [5.41, 5.74) is 0. The van der Waals surface area contributed by atoms with Crippen LogP contribution in [-0.4, -0.2) is 68.5 Å². The fourth-order valence-electron chi connectivity index (χ4n) is 9.16. The Kier molecular flexibility index (Phi) is 53.1. The number of allylic oxidation sites excluding steroid dienone is 7. The molecule has 0 spiro atoms. The lowest BCUT2D eigenvalue weighted by Gasteiger charge is -2.29. The van der Waals surface area contributed by atoms with Crippen LogP contribution in [0.25, 0.3) is 0 Å². The predicted octanol–water partition coefficient (Wildman–Crippen LogP) is 18.5. The van der Waals surface area contributed by atoms with Crippen LogP contribution in [0.3, 0.4) is 0 Å². The van der Waals surface area contributed by atoms with Gasteiger partial charge in [0.15, 0.2) is 0 Å². The molecular weight excluding hydrogens is 912 g/mol. The molecule has 0 saturated carbocycles. The molecule has 0 saturated heterocycles. The second-order valence-electron chi connectivity index (χ2n) is 22.4. The van der Waals surface area contributed by atoms with Crippen LogP contribution >= 0.6 is 7.82 Å². The first-order valence-electron chi connectivity index (χ1n) is 31.0. The molecule has 0 aliphatic carbocycles. The van der Waals surface area contributed by atoms with Crippen molar-refractivity contribution in [3.63, 3.8) is 0 Å².